The van der Waals surface area contributed by atoms with E-state index in [0.29, 0.717) is 12.5 Å². The van der Waals surface area contributed by atoms with Crippen molar-refractivity contribution < 1.29 is 4.79 Å². The van der Waals surface area contributed by atoms with Crippen LogP contribution in [0.3, 0.4) is 0 Å². The lowest BCUT2D eigenvalue weighted by Gasteiger charge is -2.23. The molecule has 94 valence electrons. The number of thiophene rings is 1. The second-order valence-corrected chi connectivity index (χ2v) is 6.02. The zero-order chi connectivity index (χ0) is 12.3. The van der Waals surface area contributed by atoms with Crippen molar-refractivity contribution in [3.63, 3.8) is 0 Å². The third-order valence-corrected chi connectivity index (χ3v) is 4.44. The number of rotatable bonds is 4. The molecule has 5 heteroatoms. The molecule has 1 aromatic rings. The smallest absolute Gasteiger partial charge is 0.221 e. The third-order valence-electron chi connectivity index (χ3n) is 3.11. The molecule has 1 amide bonds. The highest BCUT2D eigenvalue weighted by Gasteiger charge is 2.22. The highest BCUT2D eigenvalue weighted by Crippen LogP contribution is 2.37. The summed E-state index contributed by atoms with van der Waals surface area (Å²) in [6.45, 7) is 0.719. The first kappa shape index (κ1) is 12.9. The van der Waals surface area contributed by atoms with Gasteiger partial charge in [0.25, 0.3) is 0 Å². The Morgan fingerprint density at radius 1 is 1.65 bits per heavy atom. The number of nitrogens with one attached hydrogen (secondary N) is 2. The number of hydrogen-bond donors (Lipinski definition) is 2. The standard InChI is InChI=1S/C12H17ClN2OS/c1-14-12(16)5-6-15-9-3-2-4-10-8(9)7-11(13)17-10/h7,9,15H,2-6H2,1H3,(H,14,16). The van der Waals surface area contributed by atoms with Crippen LogP contribution in [0, 0.1) is 0 Å². The van der Waals surface area contributed by atoms with E-state index < -0.39 is 0 Å². The molecule has 0 bridgehead atoms. The van der Waals surface area contributed by atoms with Crippen LogP contribution in [0.1, 0.15) is 35.7 Å². The maximum Gasteiger partial charge on any atom is 0.221 e. The van der Waals surface area contributed by atoms with E-state index in [4.69, 9.17) is 11.6 Å². The van der Waals surface area contributed by atoms with E-state index >= 15 is 0 Å². The van der Waals surface area contributed by atoms with Gasteiger partial charge < -0.3 is 10.6 Å². The van der Waals surface area contributed by atoms with Gasteiger partial charge in [-0.2, -0.15) is 0 Å². The Labute approximate surface area is 111 Å². The Balaban J connectivity index is 1.92. The van der Waals surface area contributed by atoms with Gasteiger partial charge >= 0.3 is 0 Å². The molecule has 0 spiro atoms. The zero-order valence-corrected chi connectivity index (χ0v) is 11.5. The van der Waals surface area contributed by atoms with Gasteiger partial charge in [0.2, 0.25) is 5.91 Å². The van der Waals surface area contributed by atoms with Gasteiger partial charge in [-0.15, -0.1) is 11.3 Å². The van der Waals surface area contributed by atoms with Crippen LogP contribution in [-0.4, -0.2) is 19.5 Å². The van der Waals surface area contributed by atoms with E-state index in [1.807, 2.05) is 0 Å². The second-order valence-electron chi connectivity index (χ2n) is 4.25. The lowest BCUT2D eigenvalue weighted by Crippen LogP contribution is -2.29. The van der Waals surface area contributed by atoms with Crippen LogP contribution in [0.5, 0.6) is 0 Å². The summed E-state index contributed by atoms with van der Waals surface area (Å²) in [7, 11) is 1.67. The van der Waals surface area contributed by atoms with Crippen molar-refractivity contribution in [2.45, 2.75) is 31.7 Å². The van der Waals surface area contributed by atoms with Crippen LogP contribution in [0.2, 0.25) is 4.34 Å². The molecule has 1 atom stereocenters. The van der Waals surface area contributed by atoms with E-state index in [9.17, 15) is 4.79 Å². The van der Waals surface area contributed by atoms with Crippen LogP contribution < -0.4 is 10.6 Å². The first-order valence-corrected chi connectivity index (χ1v) is 7.12. The molecule has 1 aromatic heterocycles. The fourth-order valence-electron chi connectivity index (χ4n) is 2.22. The summed E-state index contributed by atoms with van der Waals surface area (Å²) < 4.78 is 0.870. The molecule has 0 aliphatic heterocycles. The summed E-state index contributed by atoms with van der Waals surface area (Å²) in [4.78, 5) is 12.5. The van der Waals surface area contributed by atoms with Crippen LogP contribution in [-0.2, 0) is 11.2 Å². The molecule has 0 saturated heterocycles. The number of fused-ring (bicyclic) bond motifs is 1. The first-order chi connectivity index (χ1) is 8.20. The van der Waals surface area contributed by atoms with Gasteiger partial charge in [0, 0.05) is 30.9 Å². The van der Waals surface area contributed by atoms with E-state index in [0.717, 1.165) is 23.7 Å². The van der Waals surface area contributed by atoms with Crippen LogP contribution in [0.15, 0.2) is 6.07 Å². The highest BCUT2D eigenvalue weighted by molar-refractivity contribution is 7.16. The summed E-state index contributed by atoms with van der Waals surface area (Å²) in [5, 5.41) is 6.07. The zero-order valence-electron chi connectivity index (χ0n) is 9.88. The Kier molecular flexibility index (Phi) is 4.42. The predicted molar refractivity (Wildman–Crippen MR) is 71.7 cm³/mol. The van der Waals surface area contributed by atoms with Crippen molar-refractivity contribution >= 4 is 28.8 Å². The van der Waals surface area contributed by atoms with E-state index in [1.54, 1.807) is 18.4 Å². The van der Waals surface area contributed by atoms with Gasteiger partial charge in [-0.05, 0) is 30.9 Å². The summed E-state index contributed by atoms with van der Waals surface area (Å²) in [5.41, 5.74) is 1.34. The van der Waals surface area contributed by atoms with Crippen molar-refractivity contribution in [1.82, 2.24) is 10.6 Å². The molecule has 1 heterocycles. The largest absolute Gasteiger partial charge is 0.359 e. The quantitative estimate of drug-likeness (QED) is 0.884. The SMILES string of the molecule is CNC(=O)CCNC1CCCc2sc(Cl)cc21. The second kappa shape index (κ2) is 5.85. The molecule has 1 unspecified atom stereocenters. The lowest BCUT2D eigenvalue weighted by molar-refractivity contribution is -0.120. The highest BCUT2D eigenvalue weighted by atomic mass is 35.5. The van der Waals surface area contributed by atoms with Gasteiger partial charge in [0.1, 0.15) is 0 Å². The van der Waals surface area contributed by atoms with Crippen molar-refractivity contribution in [3.05, 3.63) is 20.8 Å². The van der Waals surface area contributed by atoms with Crippen LogP contribution >= 0.6 is 22.9 Å². The number of amides is 1. The van der Waals surface area contributed by atoms with Gasteiger partial charge in [-0.3, -0.25) is 4.79 Å². The minimum Gasteiger partial charge on any atom is -0.359 e. The molecule has 1 aliphatic carbocycles. The van der Waals surface area contributed by atoms with Gasteiger partial charge in [-0.25, -0.2) is 0 Å². The van der Waals surface area contributed by atoms with E-state index in [-0.39, 0.29) is 5.91 Å². The summed E-state index contributed by atoms with van der Waals surface area (Å²) in [6.07, 6.45) is 4.00. The summed E-state index contributed by atoms with van der Waals surface area (Å²) in [6, 6.07) is 2.44. The maximum atomic E-state index is 11.1. The maximum absolute atomic E-state index is 11.1. The normalized spacial score (nSPS) is 18.8. The molecule has 2 rings (SSSR count). The van der Waals surface area contributed by atoms with Gasteiger partial charge in [0.05, 0.1) is 4.34 Å². The number of hydrogen-bond acceptors (Lipinski definition) is 3. The molecular formula is C12H17ClN2OS. The number of carbonyl (C=O) groups is 1. The molecule has 0 saturated carbocycles. The number of halogens is 1. The summed E-state index contributed by atoms with van der Waals surface area (Å²) in [5.74, 6) is 0.0804. The lowest BCUT2D eigenvalue weighted by atomic mass is 9.94. The van der Waals surface area contributed by atoms with Gasteiger partial charge in [0.15, 0.2) is 0 Å². The van der Waals surface area contributed by atoms with E-state index in [2.05, 4.69) is 16.7 Å². The first-order valence-electron chi connectivity index (χ1n) is 5.92. The van der Waals surface area contributed by atoms with Crippen molar-refractivity contribution in [2.24, 2.45) is 0 Å². The molecule has 17 heavy (non-hydrogen) atoms. The molecule has 0 fully saturated rings. The molecule has 1 aliphatic rings. The topological polar surface area (TPSA) is 41.1 Å². The molecule has 2 N–H and O–H groups in total. The van der Waals surface area contributed by atoms with E-state index in [1.165, 1.54) is 16.9 Å². The monoisotopic (exact) mass is 272 g/mol. The summed E-state index contributed by atoms with van der Waals surface area (Å²) >= 11 is 7.73. The fraction of sp³-hybridized carbons (Fsp3) is 0.583. The van der Waals surface area contributed by atoms with Crippen LogP contribution in [0.25, 0.3) is 0 Å². The number of carbonyl (C=O) groups excluding carboxylic acids is 1. The predicted octanol–water partition coefficient (Wildman–Crippen LogP) is 2.50. The minimum atomic E-state index is 0.0804. The Hall–Kier alpha value is -0.580. The average molecular weight is 273 g/mol. The van der Waals surface area contributed by atoms with Gasteiger partial charge in [-0.1, -0.05) is 11.6 Å². The Bertz CT molecular complexity index is 405. The molecule has 0 aromatic carbocycles. The Morgan fingerprint density at radius 2 is 2.47 bits per heavy atom. The van der Waals surface area contributed by atoms with Crippen molar-refractivity contribution in [2.75, 3.05) is 13.6 Å². The fourth-order valence-corrected chi connectivity index (χ4v) is 3.60. The molecule has 0 radical (unpaired) electrons. The molecule has 3 nitrogen and oxygen atoms in total. The third kappa shape index (κ3) is 3.21. The Morgan fingerprint density at radius 3 is 3.24 bits per heavy atom. The average Bonchev–Trinajstić information content (AvgIpc) is 2.70. The molecular weight excluding hydrogens is 256 g/mol. The van der Waals surface area contributed by atoms with Crippen molar-refractivity contribution in [1.29, 1.82) is 0 Å². The minimum absolute atomic E-state index is 0.0804. The van der Waals surface area contributed by atoms with Crippen LogP contribution in [0.4, 0.5) is 0 Å². The number of aryl methyl sites for hydroxylation is 1. The van der Waals surface area contributed by atoms with Crippen molar-refractivity contribution in [3.8, 4) is 0 Å².